The van der Waals surface area contributed by atoms with Crippen LogP contribution in [0.5, 0.6) is 0 Å². The molecule has 2 aromatic heterocycles. The number of hydrogen-bond donors (Lipinski definition) is 0. The van der Waals surface area contributed by atoms with Gasteiger partial charge in [-0.05, 0) is 83.7 Å². The van der Waals surface area contributed by atoms with E-state index in [2.05, 4.69) is 114 Å². The summed E-state index contributed by atoms with van der Waals surface area (Å²) in [5, 5.41) is 11.7. The molecule has 1 unspecified atom stereocenters. The second-order valence-electron chi connectivity index (χ2n) is 11.0. The molecule has 3 heteroatoms. The van der Waals surface area contributed by atoms with Gasteiger partial charge in [0.2, 0.25) is 0 Å². The Balaban J connectivity index is 1.22. The normalized spacial score (nSPS) is 16.7. The van der Waals surface area contributed by atoms with Gasteiger partial charge in [-0.3, -0.25) is 0 Å². The zero-order valence-electron chi connectivity index (χ0n) is 22.7. The first-order chi connectivity index (χ1) is 20.3. The first-order valence-electron chi connectivity index (χ1n) is 14.4. The van der Waals surface area contributed by atoms with Gasteiger partial charge >= 0.3 is 0 Å². The fourth-order valence-corrected chi connectivity index (χ4v) is 7.92. The number of rotatable bonds is 3. The number of fused-ring (bicyclic) bond motifs is 6. The smallest absolute Gasteiger partial charge is 0.101 e. The van der Waals surface area contributed by atoms with Gasteiger partial charge in [0.25, 0.3) is 0 Å². The Morgan fingerprint density at radius 1 is 0.805 bits per heavy atom. The van der Waals surface area contributed by atoms with Crippen molar-refractivity contribution in [3.63, 3.8) is 0 Å². The lowest BCUT2D eigenvalue weighted by atomic mass is 9.86. The van der Waals surface area contributed by atoms with Crippen LogP contribution in [0, 0.1) is 11.3 Å². The second kappa shape index (κ2) is 9.77. The van der Waals surface area contributed by atoms with Crippen LogP contribution in [0.3, 0.4) is 0 Å². The van der Waals surface area contributed by atoms with E-state index in [0.717, 1.165) is 42.5 Å². The molecule has 0 spiro atoms. The largest absolute Gasteiger partial charge is 0.308 e. The maximum Gasteiger partial charge on any atom is 0.101 e. The molecule has 0 fully saturated rings. The Bertz CT molecular complexity index is 2000. The lowest BCUT2D eigenvalue weighted by molar-refractivity contribution is 0.837. The van der Waals surface area contributed by atoms with Crippen LogP contribution >= 0.6 is 11.3 Å². The van der Waals surface area contributed by atoms with E-state index in [1.54, 1.807) is 0 Å². The van der Waals surface area contributed by atoms with Crippen molar-refractivity contribution in [1.29, 1.82) is 5.26 Å². The highest BCUT2D eigenvalue weighted by Gasteiger charge is 2.25. The molecular formula is C38H28N2S. The van der Waals surface area contributed by atoms with E-state index in [-0.39, 0.29) is 0 Å². The van der Waals surface area contributed by atoms with Crippen molar-refractivity contribution < 1.29 is 0 Å². The number of thiophene rings is 1. The summed E-state index contributed by atoms with van der Waals surface area (Å²) in [6.07, 6.45) is 22.2. The molecule has 0 saturated heterocycles. The van der Waals surface area contributed by atoms with E-state index in [9.17, 15) is 5.26 Å². The Labute approximate surface area is 244 Å². The lowest BCUT2D eigenvalue weighted by Gasteiger charge is -2.20. The average molecular weight is 545 g/mol. The van der Waals surface area contributed by atoms with Crippen LogP contribution in [0.4, 0.5) is 0 Å². The molecule has 3 aromatic carbocycles. The zero-order valence-corrected chi connectivity index (χ0v) is 23.5. The summed E-state index contributed by atoms with van der Waals surface area (Å²) < 4.78 is 3.70. The summed E-state index contributed by atoms with van der Waals surface area (Å²) >= 11 is 1.89. The Kier molecular flexibility index (Phi) is 5.76. The predicted octanol–water partition coefficient (Wildman–Crippen LogP) is 9.97. The maximum absolute atomic E-state index is 10.3. The van der Waals surface area contributed by atoms with Crippen molar-refractivity contribution in [2.45, 2.75) is 31.6 Å². The lowest BCUT2D eigenvalue weighted by Crippen LogP contribution is -2.07. The first-order valence-corrected chi connectivity index (χ1v) is 15.2. The standard InChI is InChI=1S/C38H28N2S/c39-24-28-9-8-13-29(38(28)40-34-14-3-1-2-10-30(34)31-11-4-6-15-35(31)40)26-19-17-25(18-20-26)27-21-22-37-33(23-27)32-12-5-7-16-36(32)41-37/h2-3,5-10,12-22,27H,1,4,11,23H2. The number of para-hydroxylation sites is 1. The van der Waals surface area contributed by atoms with E-state index < -0.39 is 0 Å². The highest BCUT2D eigenvalue weighted by atomic mass is 32.1. The minimum atomic E-state index is 0.355. The molecule has 0 aliphatic heterocycles. The fraction of sp³-hybridized carbons (Fsp3) is 0.132. The molecule has 196 valence electrons. The summed E-state index contributed by atoms with van der Waals surface area (Å²) in [7, 11) is 0. The molecule has 0 N–H and O–H groups in total. The van der Waals surface area contributed by atoms with Crippen molar-refractivity contribution in [3.05, 3.63) is 135 Å². The average Bonchev–Trinajstić information content (AvgIpc) is 3.44. The fourth-order valence-electron chi connectivity index (χ4n) is 6.77. The van der Waals surface area contributed by atoms with Crippen molar-refractivity contribution in [1.82, 2.24) is 4.57 Å². The summed E-state index contributed by atoms with van der Waals surface area (Å²) in [6, 6.07) is 26.4. The minimum Gasteiger partial charge on any atom is -0.308 e. The number of allylic oxidation sites excluding steroid dienone is 4. The summed E-state index contributed by atoms with van der Waals surface area (Å²) in [5.74, 6) is 0.355. The summed E-state index contributed by atoms with van der Waals surface area (Å²) in [4.78, 5) is 1.39. The molecule has 1 atom stereocenters. The zero-order chi connectivity index (χ0) is 27.3. The van der Waals surface area contributed by atoms with Crippen LogP contribution in [-0.4, -0.2) is 4.57 Å². The monoisotopic (exact) mass is 544 g/mol. The number of nitriles is 1. The topological polar surface area (TPSA) is 28.7 Å². The van der Waals surface area contributed by atoms with Crippen LogP contribution in [0.1, 0.15) is 62.8 Å². The molecule has 3 aliphatic carbocycles. The van der Waals surface area contributed by atoms with E-state index in [0.29, 0.717) is 11.5 Å². The van der Waals surface area contributed by atoms with Crippen molar-refractivity contribution in [2.24, 2.45) is 0 Å². The Morgan fingerprint density at radius 2 is 1.66 bits per heavy atom. The van der Waals surface area contributed by atoms with Crippen LogP contribution in [-0.2, 0) is 12.8 Å². The van der Waals surface area contributed by atoms with Crippen LogP contribution in [0.25, 0.3) is 51.2 Å². The predicted molar refractivity (Wildman–Crippen MR) is 173 cm³/mol. The molecule has 8 rings (SSSR count). The van der Waals surface area contributed by atoms with Crippen molar-refractivity contribution in [2.75, 3.05) is 0 Å². The van der Waals surface area contributed by atoms with Gasteiger partial charge in [-0.25, -0.2) is 0 Å². The van der Waals surface area contributed by atoms with Gasteiger partial charge in [0, 0.05) is 32.3 Å². The minimum absolute atomic E-state index is 0.355. The number of aromatic nitrogens is 1. The number of benzene rings is 3. The highest BCUT2D eigenvalue weighted by molar-refractivity contribution is 7.20. The first kappa shape index (κ1) is 24.2. The molecule has 2 nitrogen and oxygen atoms in total. The number of hydrogen-bond acceptors (Lipinski definition) is 2. The molecule has 3 aliphatic rings. The van der Waals surface area contributed by atoms with Gasteiger partial charge in [-0.2, -0.15) is 5.26 Å². The highest BCUT2D eigenvalue weighted by Crippen LogP contribution is 2.42. The third kappa shape index (κ3) is 3.90. The third-order valence-electron chi connectivity index (χ3n) is 8.72. The molecule has 5 aromatic rings. The quantitative estimate of drug-likeness (QED) is 0.222. The Morgan fingerprint density at radius 3 is 2.56 bits per heavy atom. The van der Waals surface area contributed by atoms with E-state index in [1.165, 1.54) is 48.6 Å². The van der Waals surface area contributed by atoms with Gasteiger partial charge in [-0.15, -0.1) is 11.3 Å². The van der Waals surface area contributed by atoms with Gasteiger partial charge in [0.05, 0.1) is 16.9 Å². The Hall–Kier alpha value is -4.65. The molecule has 0 radical (unpaired) electrons. The molecule has 41 heavy (non-hydrogen) atoms. The van der Waals surface area contributed by atoms with E-state index in [1.807, 2.05) is 23.5 Å². The van der Waals surface area contributed by atoms with Gasteiger partial charge in [-0.1, -0.05) is 85.0 Å². The maximum atomic E-state index is 10.3. The molecular weight excluding hydrogens is 516 g/mol. The molecule has 0 saturated carbocycles. The third-order valence-corrected chi connectivity index (χ3v) is 9.90. The molecule has 0 bridgehead atoms. The second-order valence-corrected chi connectivity index (χ2v) is 12.1. The van der Waals surface area contributed by atoms with Crippen LogP contribution in [0.2, 0.25) is 0 Å². The number of nitrogens with zero attached hydrogens (tertiary/aromatic N) is 2. The van der Waals surface area contributed by atoms with Crippen molar-refractivity contribution >= 4 is 45.7 Å². The molecule has 0 amide bonds. The van der Waals surface area contributed by atoms with Gasteiger partial charge in [0.1, 0.15) is 6.07 Å². The van der Waals surface area contributed by atoms with E-state index in [4.69, 9.17) is 0 Å². The van der Waals surface area contributed by atoms with Crippen LogP contribution < -0.4 is 0 Å². The van der Waals surface area contributed by atoms with Gasteiger partial charge < -0.3 is 4.57 Å². The van der Waals surface area contributed by atoms with Crippen molar-refractivity contribution in [3.8, 4) is 22.9 Å². The summed E-state index contributed by atoms with van der Waals surface area (Å²) in [5.41, 5.74) is 11.7. The van der Waals surface area contributed by atoms with E-state index >= 15 is 0 Å². The summed E-state index contributed by atoms with van der Waals surface area (Å²) in [6.45, 7) is 0. The SMILES string of the molecule is N#Cc1cccc(-c2ccc(C3C=Cc4sc5ccccc5c4C3)cc2)c1-n1c2c(c3c1C=CCC3)C=CCC=C2. The van der Waals surface area contributed by atoms with Crippen LogP contribution in [0.15, 0.2) is 91.0 Å². The van der Waals surface area contributed by atoms with Gasteiger partial charge in [0.15, 0.2) is 0 Å². The molecule has 2 heterocycles.